The summed E-state index contributed by atoms with van der Waals surface area (Å²) >= 11 is 0. The Morgan fingerprint density at radius 1 is 1.00 bits per heavy atom. The lowest BCUT2D eigenvalue weighted by molar-refractivity contribution is 1.22. The lowest BCUT2D eigenvalue weighted by Crippen LogP contribution is -1.79. The molecule has 1 aromatic carbocycles. The SMILES string of the molecule is CC.Cc1cc2ccccc2cn1. The Hall–Kier alpha value is -1.37. The monoisotopic (exact) mass is 173 g/mol. The number of aryl methyl sites for hydroxylation is 1. The Kier molecular flexibility index (Phi) is 3.44. The van der Waals surface area contributed by atoms with Gasteiger partial charge in [0.1, 0.15) is 0 Å². The Bertz CT molecular complexity index is 380. The summed E-state index contributed by atoms with van der Waals surface area (Å²) in [6.07, 6.45) is 1.91. The molecule has 1 heteroatoms. The fraction of sp³-hybridized carbons (Fsp3) is 0.250. The molecule has 1 nitrogen and oxygen atoms in total. The number of pyridine rings is 1. The van der Waals surface area contributed by atoms with Crippen LogP contribution in [0.1, 0.15) is 19.5 Å². The van der Waals surface area contributed by atoms with Crippen molar-refractivity contribution in [1.82, 2.24) is 4.98 Å². The van der Waals surface area contributed by atoms with E-state index in [2.05, 4.69) is 23.2 Å². The standard InChI is InChI=1S/C10H9N.C2H6/c1-8-6-9-4-2-3-5-10(9)7-11-8;1-2/h2-7H,1H3;1-2H3. The molecule has 68 valence electrons. The third-order valence-electron chi connectivity index (χ3n) is 1.77. The van der Waals surface area contributed by atoms with Gasteiger partial charge in [0, 0.05) is 17.3 Å². The molecule has 0 unspecified atom stereocenters. The zero-order valence-electron chi connectivity index (χ0n) is 8.41. The summed E-state index contributed by atoms with van der Waals surface area (Å²) in [5.41, 5.74) is 1.07. The lowest BCUT2D eigenvalue weighted by atomic mass is 10.1. The maximum absolute atomic E-state index is 4.21. The van der Waals surface area contributed by atoms with Crippen LogP contribution in [0.3, 0.4) is 0 Å². The van der Waals surface area contributed by atoms with Gasteiger partial charge >= 0.3 is 0 Å². The van der Waals surface area contributed by atoms with Crippen molar-refractivity contribution in [3.63, 3.8) is 0 Å². The summed E-state index contributed by atoms with van der Waals surface area (Å²) in [5.74, 6) is 0. The van der Waals surface area contributed by atoms with Crippen LogP contribution in [0.4, 0.5) is 0 Å². The number of hydrogen-bond acceptors (Lipinski definition) is 1. The van der Waals surface area contributed by atoms with Crippen molar-refractivity contribution in [1.29, 1.82) is 0 Å². The highest BCUT2D eigenvalue weighted by Crippen LogP contribution is 2.12. The number of hydrogen-bond donors (Lipinski definition) is 0. The fourth-order valence-corrected chi connectivity index (χ4v) is 1.19. The predicted octanol–water partition coefficient (Wildman–Crippen LogP) is 3.57. The second-order valence-electron chi connectivity index (χ2n) is 2.67. The van der Waals surface area contributed by atoms with E-state index in [4.69, 9.17) is 0 Å². The molecule has 0 bridgehead atoms. The second kappa shape index (κ2) is 4.61. The van der Waals surface area contributed by atoms with Crippen LogP contribution >= 0.6 is 0 Å². The first-order valence-electron chi connectivity index (χ1n) is 4.68. The van der Waals surface area contributed by atoms with Crippen LogP contribution < -0.4 is 0 Å². The Balaban J connectivity index is 0.000000396. The van der Waals surface area contributed by atoms with Crippen LogP contribution in [0, 0.1) is 6.92 Å². The van der Waals surface area contributed by atoms with E-state index in [9.17, 15) is 0 Å². The fourth-order valence-electron chi connectivity index (χ4n) is 1.19. The first-order valence-corrected chi connectivity index (χ1v) is 4.68. The van der Waals surface area contributed by atoms with Gasteiger partial charge in [-0.05, 0) is 18.4 Å². The Morgan fingerprint density at radius 3 is 2.31 bits per heavy atom. The van der Waals surface area contributed by atoms with E-state index >= 15 is 0 Å². The highest BCUT2D eigenvalue weighted by atomic mass is 14.6. The van der Waals surface area contributed by atoms with E-state index in [0.29, 0.717) is 0 Å². The zero-order chi connectivity index (χ0) is 9.68. The highest BCUT2D eigenvalue weighted by Gasteiger charge is 1.90. The lowest BCUT2D eigenvalue weighted by Gasteiger charge is -1.96. The molecule has 0 N–H and O–H groups in total. The largest absolute Gasteiger partial charge is 0.261 e. The van der Waals surface area contributed by atoms with Gasteiger partial charge in [0.05, 0.1) is 0 Å². The summed E-state index contributed by atoms with van der Waals surface area (Å²) in [6, 6.07) is 10.3. The molecule has 13 heavy (non-hydrogen) atoms. The Morgan fingerprint density at radius 2 is 1.62 bits per heavy atom. The molecule has 0 saturated carbocycles. The van der Waals surface area contributed by atoms with Crippen molar-refractivity contribution >= 4 is 10.8 Å². The molecule has 0 amide bonds. The third kappa shape index (κ3) is 2.28. The topological polar surface area (TPSA) is 12.9 Å². The van der Waals surface area contributed by atoms with Crippen molar-refractivity contribution in [2.45, 2.75) is 20.8 Å². The van der Waals surface area contributed by atoms with E-state index in [1.807, 2.05) is 39.1 Å². The summed E-state index contributed by atoms with van der Waals surface area (Å²) in [4.78, 5) is 4.21. The molecule has 2 aromatic rings. The molecule has 0 aliphatic carbocycles. The van der Waals surface area contributed by atoms with Gasteiger partial charge in [0.15, 0.2) is 0 Å². The van der Waals surface area contributed by atoms with E-state index < -0.39 is 0 Å². The summed E-state index contributed by atoms with van der Waals surface area (Å²) < 4.78 is 0. The second-order valence-corrected chi connectivity index (χ2v) is 2.67. The van der Waals surface area contributed by atoms with Gasteiger partial charge < -0.3 is 0 Å². The number of rotatable bonds is 0. The highest BCUT2D eigenvalue weighted by molar-refractivity contribution is 5.81. The molecular formula is C12H15N. The van der Waals surface area contributed by atoms with Gasteiger partial charge in [0.25, 0.3) is 0 Å². The number of aromatic nitrogens is 1. The first kappa shape index (κ1) is 9.72. The summed E-state index contributed by atoms with van der Waals surface area (Å²) in [7, 11) is 0. The van der Waals surface area contributed by atoms with Crippen LogP contribution in [0.2, 0.25) is 0 Å². The van der Waals surface area contributed by atoms with Crippen LogP contribution in [0.15, 0.2) is 36.5 Å². The molecule has 0 spiro atoms. The maximum atomic E-state index is 4.21. The minimum absolute atomic E-state index is 1.07. The number of nitrogens with zero attached hydrogens (tertiary/aromatic N) is 1. The van der Waals surface area contributed by atoms with Crippen molar-refractivity contribution in [3.8, 4) is 0 Å². The molecule has 1 aromatic heterocycles. The van der Waals surface area contributed by atoms with Gasteiger partial charge in [-0.3, -0.25) is 4.98 Å². The molecule has 0 atom stereocenters. The minimum Gasteiger partial charge on any atom is -0.261 e. The normalized spacial score (nSPS) is 9.15. The van der Waals surface area contributed by atoms with Crippen LogP contribution in [-0.4, -0.2) is 4.98 Å². The van der Waals surface area contributed by atoms with Gasteiger partial charge in [0.2, 0.25) is 0 Å². The molecular weight excluding hydrogens is 158 g/mol. The molecule has 2 rings (SSSR count). The predicted molar refractivity (Wildman–Crippen MR) is 57.8 cm³/mol. The quantitative estimate of drug-likeness (QED) is 0.593. The zero-order valence-corrected chi connectivity index (χ0v) is 8.41. The maximum Gasteiger partial charge on any atom is 0.0379 e. The average molecular weight is 173 g/mol. The number of benzene rings is 1. The Labute approximate surface area is 79.4 Å². The van der Waals surface area contributed by atoms with Crippen molar-refractivity contribution < 1.29 is 0 Å². The van der Waals surface area contributed by atoms with Crippen LogP contribution in [0.5, 0.6) is 0 Å². The molecule has 0 fully saturated rings. The van der Waals surface area contributed by atoms with E-state index in [1.165, 1.54) is 10.8 Å². The molecule has 1 heterocycles. The van der Waals surface area contributed by atoms with Crippen LogP contribution in [0.25, 0.3) is 10.8 Å². The molecule has 0 aliphatic heterocycles. The molecule has 0 aliphatic rings. The first-order chi connectivity index (χ1) is 6.36. The van der Waals surface area contributed by atoms with Crippen LogP contribution in [-0.2, 0) is 0 Å². The number of fused-ring (bicyclic) bond motifs is 1. The van der Waals surface area contributed by atoms with E-state index in [1.54, 1.807) is 0 Å². The molecule has 0 radical (unpaired) electrons. The van der Waals surface area contributed by atoms with Crippen molar-refractivity contribution in [3.05, 3.63) is 42.2 Å². The average Bonchev–Trinajstić information content (AvgIpc) is 2.21. The van der Waals surface area contributed by atoms with Gasteiger partial charge in [-0.25, -0.2) is 0 Å². The van der Waals surface area contributed by atoms with Gasteiger partial charge in [-0.2, -0.15) is 0 Å². The summed E-state index contributed by atoms with van der Waals surface area (Å²) in [5, 5.41) is 2.47. The van der Waals surface area contributed by atoms with Crippen molar-refractivity contribution in [2.24, 2.45) is 0 Å². The van der Waals surface area contributed by atoms with Crippen molar-refractivity contribution in [2.75, 3.05) is 0 Å². The van der Waals surface area contributed by atoms with Gasteiger partial charge in [-0.1, -0.05) is 38.1 Å². The smallest absolute Gasteiger partial charge is 0.0379 e. The van der Waals surface area contributed by atoms with E-state index in [-0.39, 0.29) is 0 Å². The minimum atomic E-state index is 1.07. The summed E-state index contributed by atoms with van der Waals surface area (Å²) in [6.45, 7) is 6.01. The molecule has 0 saturated heterocycles. The van der Waals surface area contributed by atoms with Gasteiger partial charge in [-0.15, -0.1) is 0 Å². The third-order valence-corrected chi connectivity index (χ3v) is 1.77. The van der Waals surface area contributed by atoms with E-state index in [0.717, 1.165) is 5.69 Å².